The molecule has 21 nitrogen and oxygen atoms in total. The minimum atomic E-state index is -3.99. The fraction of sp³-hybridized carbons (Fsp3) is 0.270. The van der Waals surface area contributed by atoms with Crippen LogP contribution in [-0.4, -0.2) is 106 Å². The molecule has 14 N–H and O–H groups in total. The van der Waals surface area contributed by atoms with Crippen LogP contribution in [0.3, 0.4) is 0 Å². The van der Waals surface area contributed by atoms with Crippen molar-refractivity contribution in [2.75, 3.05) is 19.6 Å². The number of carboxylic acid groups (broad SMARTS) is 2. The molecule has 0 aliphatic carbocycles. The second-order valence-electron chi connectivity index (χ2n) is 12.7. The second-order valence-corrected chi connectivity index (χ2v) is 19.6. The van der Waals surface area contributed by atoms with E-state index in [-0.39, 0.29) is 76.1 Å². The molecule has 4 atom stereocenters. The van der Waals surface area contributed by atoms with Gasteiger partial charge >= 0.3 is 11.9 Å². The Balaban J connectivity index is 0. The Morgan fingerprint density at radius 2 is 0.688 bits per heavy atom. The molecule has 4 rings (SSSR count). The Hall–Kier alpha value is -4.61. The van der Waals surface area contributed by atoms with E-state index in [1.165, 1.54) is 36.4 Å². The minimum Gasteiger partial charge on any atom is -0.480 e. The molecule has 0 saturated heterocycles. The lowest BCUT2D eigenvalue weighted by Crippen LogP contribution is -2.45. The molecular formula is C37H54Cl2N8O13S4. The van der Waals surface area contributed by atoms with Crippen LogP contribution >= 0.6 is 24.8 Å². The zero-order chi connectivity index (χ0) is 47.1. The van der Waals surface area contributed by atoms with Crippen molar-refractivity contribution < 1.29 is 58.3 Å². The first kappa shape index (κ1) is 61.5. The Bertz CT molecular complexity index is 2370. The summed E-state index contributed by atoms with van der Waals surface area (Å²) in [6.45, 7) is 3.71. The third-order valence-corrected chi connectivity index (χ3v) is 13.7. The number of rotatable bonds is 19. The highest BCUT2D eigenvalue weighted by Gasteiger charge is 2.27. The van der Waals surface area contributed by atoms with Gasteiger partial charge in [-0.05, 0) is 62.4 Å². The topological polar surface area (TPSA) is 380 Å². The highest BCUT2D eigenvalue weighted by molar-refractivity contribution is 7.90. The Morgan fingerprint density at radius 3 is 0.891 bits per heavy atom. The van der Waals surface area contributed by atoms with Crippen molar-refractivity contribution in [2.24, 2.45) is 22.9 Å². The van der Waals surface area contributed by atoms with E-state index in [1.54, 1.807) is 98.8 Å². The zero-order valence-electron chi connectivity index (χ0n) is 34.3. The molecule has 0 heterocycles. The summed E-state index contributed by atoms with van der Waals surface area (Å²) in [6.07, 6.45) is -0.610. The van der Waals surface area contributed by atoms with Crippen molar-refractivity contribution in [1.82, 2.24) is 18.9 Å². The largest absolute Gasteiger partial charge is 0.480 e. The standard InChI is InChI=1S/C10H12N2O5S.C9H12N2O4S.2C9H14N2O2S.2ClH/c11-9(13)6-8(10(14)15)12-18(16,17)7-4-2-1-3-5-7;10-6-8(9(12)13)11-16(14,15)7-4-2-1-3-5-7;2*1-8(7-10)11-14(12,13)9-5-3-2-4-6-9;;/h1-5,8,12H,6H2,(H2,11,13)(H,14,15);1-5,8,11H,6,10H2,(H,12,13);2*2-6,8,11H,7,10H2,1H3;2*1H. The third kappa shape index (κ3) is 22.8. The molecule has 358 valence electrons. The van der Waals surface area contributed by atoms with Crippen LogP contribution in [0.1, 0.15) is 20.3 Å². The predicted molar refractivity (Wildman–Crippen MR) is 244 cm³/mol. The molecule has 1 amide bonds. The molecule has 0 aromatic heterocycles. The van der Waals surface area contributed by atoms with Gasteiger partial charge in [0.1, 0.15) is 12.1 Å². The number of sulfonamides is 4. The maximum atomic E-state index is 11.8. The van der Waals surface area contributed by atoms with Gasteiger partial charge in [0.2, 0.25) is 46.0 Å². The number of aliphatic carboxylic acids is 2. The van der Waals surface area contributed by atoms with Crippen LogP contribution in [-0.2, 0) is 54.5 Å². The molecule has 0 bridgehead atoms. The van der Waals surface area contributed by atoms with Crippen molar-refractivity contribution >= 4 is 82.8 Å². The van der Waals surface area contributed by atoms with Gasteiger partial charge in [-0.25, -0.2) is 43.1 Å². The SMILES string of the molecule is CC(CN)NS(=O)(=O)c1ccccc1.CC(CN)NS(=O)(=O)c1ccccc1.Cl.Cl.NC(=O)CC(NS(=O)(=O)c1ccccc1)C(=O)O.NCC(NS(=O)(=O)c1ccccc1)C(=O)O. The first-order valence-electron chi connectivity index (χ1n) is 18.1. The third-order valence-electron chi connectivity index (χ3n) is 7.47. The predicted octanol–water partition coefficient (Wildman–Crippen LogP) is 0.138. The number of hydrogen-bond donors (Lipinski definition) is 10. The van der Waals surface area contributed by atoms with Gasteiger partial charge in [-0.2, -0.15) is 9.44 Å². The minimum absolute atomic E-state index is 0. The van der Waals surface area contributed by atoms with Gasteiger partial charge in [-0.1, -0.05) is 72.8 Å². The number of nitrogens with one attached hydrogen (secondary N) is 4. The summed E-state index contributed by atoms with van der Waals surface area (Å²) in [6, 6.07) is 27.8. The lowest BCUT2D eigenvalue weighted by atomic mass is 10.2. The number of amides is 1. The van der Waals surface area contributed by atoms with Gasteiger partial charge in [0.05, 0.1) is 26.0 Å². The molecule has 4 aromatic carbocycles. The fourth-order valence-corrected chi connectivity index (χ4v) is 9.24. The quantitative estimate of drug-likeness (QED) is 0.0597. The van der Waals surface area contributed by atoms with Crippen LogP contribution in [0.25, 0.3) is 0 Å². The second kappa shape index (κ2) is 29.8. The van der Waals surface area contributed by atoms with E-state index in [2.05, 4.69) is 9.44 Å². The van der Waals surface area contributed by atoms with Crippen LogP contribution in [0.2, 0.25) is 0 Å². The smallest absolute Gasteiger partial charge is 0.323 e. The molecule has 0 fully saturated rings. The molecule has 0 saturated carbocycles. The number of primary amides is 1. The maximum absolute atomic E-state index is 11.8. The Morgan fingerprint density at radius 1 is 0.453 bits per heavy atom. The summed E-state index contributed by atoms with van der Waals surface area (Å²) >= 11 is 0. The monoisotopic (exact) mass is 1020 g/mol. The first-order valence-corrected chi connectivity index (χ1v) is 24.0. The van der Waals surface area contributed by atoms with Gasteiger partial charge in [0.25, 0.3) is 0 Å². The van der Waals surface area contributed by atoms with Crippen LogP contribution in [0.4, 0.5) is 0 Å². The van der Waals surface area contributed by atoms with Crippen molar-refractivity contribution in [3.63, 3.8) is 0 Å². The van der Waals surface area contributed by atoms with E-state index in [4.69, 9.17) is 33.1 Å². The van der Waals surface area contributed by atoms with Gasteiger partial charge < -0.3 is 33.1 Å². The van der Waals surface area contributed by atoms with Crippen LogP contribution in [0, 0.1) is 0 Å². The van der Waals surface area contributed by atoms with Crippen LogP contribution in [0.5, 0.6) is 0 Å². The number of carbonyl (C=O) groups excluding carboxylic acids is 1. The van der Waals surface area contributed by atoms with Gasteiger partial charge in [-0.3, -0.25) is 14.4 Å². The van der Waals surface area contributed by atoms with E-state index in [1.807, 2.05) is 9.44 Å². The molecule has 0 aliphatic rings. The summed E-state index contributed by atoms with van der Waals surface area (Å²) in [5.41, 5.74) is 20.7. The molecule has 27 heteroatoms. The summed E-state index contributed by atoms with van der Waals surface area (Å²) in [4.78, 5) is 32.6. The number of benzene rings is 4. The average molecular weight is 1020 g/mol. The molecular weight excluding hydrogens is 964 g/mol. The van der Waals surface area contributed by atoms with E-state index in [0.29, 0.717) is 0 Å². The van der Waals surface area contributed by atoms with E-state index >= 15 is 0 Å². The number of hydrogen-bond acceptors (Lipinski definition) is 14. The average Bonchev–Trinajstić information content (AvgIpc) is 3.24. The lowest BCUT2D eigenvalue weighted by Gasteiger charge is -2.13. The summed E-state index contributed by atoms with van der Waals surface area (Å²) < 4.78 is 102. The molecule has 64 heavy (non-hydrogen) atoms. The number of nitrogens with two attached hydrogens (primary N) is 4. The molecule has 0 aliphatic heterocycles. The van der Waals surface area contributed by atoms with E-state index in [0.717, 1.165) is 0 Å². The molecule has 4 aromatic rings. The summed E-state index contributed by atoms with van der Waals surface area (Å²) in [7, 11) is -14.6. The Kier molecular flexibility index (Phi) is 28.6. The maximum Gasteiger partial charge on any atom is 0.323 e. The Labute approximate surface area is 385 Å². The number of halogens is 2. The van der Waals surface area contributed by atoms with E-state index < -0.39 is 76.4 Å². The molecule has 0 spiro atoms. The van der Waals surface area contributed by atoms with Crippen molar-refractivity contribution in [3.05, 3.63) is 121 Å². The van der Waals surface area contributed by atoms with Gasteiger partial charge in [0, 0.05) is 31.7 Å². The highest BCUT2D eigenvalue weighted by Crippen LogP contribution is 2.11. The van der Waals surface area contributed by atoms with E-state index in [9.17, 15) is 48.1 Å². The fourth-order valence-electron chi connectivity index (χ4n) is 4.25. The number of carbonyl (C=O) groups is 3. The van der Waals surface area contributed by atoms with Crippen molar-refractivity contribution in [1.29, 1.82) is 0 Å². The molecule has 4 unspecified atom stereocenters. The van der Waals surface area contributed by atoms with Gasteiger partial charge in [-0.15, -0.1) is 24.8 Å². The van der Waals surface area contributed by atoms with Gasteiger partial charge in [0.15, 0.2) is 0 Å². The highest BCUT2D eigenvalue weighted by atomic mass is 35.5. The van der Waals surface area contributed by atoms with Crippen molar-refractivity contribution in [3.8, 4) is 0 Å². The first-order chi connectivity index (χ1) is 28.9. The molecule has 0 radical (unpaired) electrons. The summed E-state index contributed by atoms with van der Waals surface area (Å²) in [5.74, 6) is -3.67. The van der Waals surface area contributed by atoms with Crippen LogP contribution < -0.4 is 41.8 Å². The van der Waals surface area contributed by atoms with Crippen molar-refractivity contribution in [2.45, 2.75) is 64.0 Å². The number of carboxylic acids is 2. The van der Waals surface area contributed by atoms with Crippen LogP contribution in [0.15, 0.2) is 141 Å². The normalized spacial score (nSPS) is 13.0. The zero-order valence-corrected chi connectivity index (χ0v) is 39.2. The lowest BCUT2D eigenvalue weighted by molar-refractivity contribution is -0.140. The summed E-state index contributed by atoms with van der Waals surface area (Å²) in [5, 5.41) is 17.5.